The van der Waals surface area contributed by atoms with Crippen molar-refractivity contribution >= 4 is 5.91 Å². The van der Waals surface area contributed by atoms with Crippen molar-refractivity contribution in [3.63, 3.8) is 0 Å². The number of nitrogens with zero attached hydrogens (tertiary/aromatic N) is 1. The second kappa shape index (κ2) is 2.82. The quantitative estimate of drug-likeness (QED) is 0.487. The molecule has 0 aromatic carbocycles. The van der Waals surface area contributed by atoms with Crippen LogP contribution in [0.1, 0.15) is 8.35 Å². The fourth-order valence-electron chi connectivity index (χ4n) is 0.980. The van der Waals surface area contributed by atoms with Gasteiger partial charge in [0.2, 0.25) is 5.91 Å². The van der Waals surface area contributed by atoms with Crippen LogP contribution in [0.15, 0.2) is 0 Å². The average Bonchev–Trinajstić information content (AvgIpc) is 1.90. The van der Waals surface area contributed by atoms with Crippen molar-refractivity contribution in [2.24, 2.45) is 0 Å². The molecule has 1 saturated heterocycles. The van der Waals surface area contributed by atoms with Gasteiger partial charge in [0.15, 0.2) is 0 Å². The van der Waals surface area contributed by atoms with E-state index >= 15 is 0 Å². The first kappa shape index (κ1) is 6.55. The Bertz CT molecular complexity index is 112. The lowest BCUT2D eigenvalue weighted by molar-refractivity contribution is -0.129. The summed E-state index contributed by atoms with van der Waals surface area (Å²) >= 11 is 0. The summed E-state index contributed by atoms with van der Waals surface area (Å²) in [4.78, 5) is 12.6. The summed E-state index contributed by atoms with van der Waals surface area (Å²) < 4.78 is 0. The van der Waals surface area contributed by atoms with Crippen molar-refractivity contribution in [2.75, 3.05) is 26.2 Å². The largest absolute Gasteiger partial charge is 0.340 e. The van der Waals surface area contributed by atoms with Crippen LogP contribution in [0.4, 0.5) is 0 Å². The number of hydrogen-bond donors (Lipinski definition) is 1. The number of nitrogens with one attached hydrogen (secondary N) is 1. The van der Waals surface area contributed by atoms with Crippen molar-refractivity contribution in [1.29, 1.82) is 0 Å². The molecule has 0 saturated carbocycles. The summed E-state index contributed by atoms with van der Waals surface area (Å²) in [7, 11) is 0. The molecule has 0 unspecified atom stereocenters. The highest BCUT2D eigenvalue weighted by Gasteiger charge is 2.10. The molecule has 0 aromatic heterocycles. The van der Waals surface area contributed by atoms with Crippen LogP contribution >= 0.6 is 0 Å². The zero-order chi connectivity index (χ0) is 6.69. The van der Waals surface area contributed by atoms with E-state index in [2.05, 4.69) is 5.32 Å². The van der Waals surface area contributed by atoms with Crippen LogP contribution in [-0.4, -0.2) is 37.0 Å². The van der Waals surface area contributed by atoms with Crippen LogP contribution in [0.25, 0.3) is 0 Å². The van der Waals surface area contributed by atoms with Gasteiger partial charge < -0.3 is 10.2 Å². The van der Waals surface area contributed by atoms with Crippen LogP contribution in [0.5, 0.6) is 0 Å². The first-order valence-corrected chi connectivity index (χ1v) is 3.27. The molecule has 9 heavy (non-hydrogen) atoms. The van der Waals surface area contributed by atoms with E-state index < -0.39 is 0 Å². The normalized spacial score (nSPS) is 19.9. The summed E-state index contributed by atoms with van der Waals surface area (Å²) in [5.41, 5.74) is 0. The molecule has 0 aromatic rings. The zero-order valence-electron chi connectivity index (χ0n) is 5.68. The van der Waals surface area contributed by atoms with Gasteiger partial charge in [-0.3, -0.25) is 4.79 Å². The third-order valence-corrected chi connectivity index (χ3v) is 1.56. The Morgan fingerprint density at radius 1 is 1.56 bits per heavy atom. The van der Waals surface area contributed by atoms with Crippen LogP contribution < -0.4 is 5.32 Å². The van der Waals surface area contributed by atoms with Gasteiger partial charge in [0.1, 0.15) is 0 Å². The van der Waals surface area contributed by atoms with Gasteiger partial charge in [-0.25, -0.2) is 0 Å². The van der Waals surface area contributed by atoms with Crippen molar-refractivity contribution in [3.05, 3.63) is 0 Å². The fourth-order valence-corrected chi connectivity index (χ4v) is 0.980. The third kappa shape index (κ3) is 1.68. The molecule has 0 spiro atoms. The molecule has 1 N–H and O–H groups in total. The average molecular weight is 130 g/mol. The summed E-state index contributed by atoms with van der Waals surface area (Å²) in [6, 6.07) is 0. The Kier molecular flexibility index (Phi) is 2.05. The Hall–Kier alpha value is -0.570. The first-order chi connectivity index (χ1) is 4.30. The first-order valence-electron chi connectivity index (χ1n) is 3.27. The molecule has 0 radical (unpaired) electrons. The molecule has 1 heterocycles. The van der Waals surface area contributed by atoms with E-state index in [0.717, 1.165) is 26.2 Å². The van der Waals surface area contributed by atoms with Gasteiger partial charge in [-0.2, -0.15) is 0 Å². The molecule has 3 heteroatoms. The Morgan fingerprint density at radius 3 is 2.44 bits per heavy atom. The lowest BCUT2D eigenvalue weighted by Gasteiger charge is -2.25. The van der Waals surface area contributed by atoms with Crippen molar-refractivity contribution < 1.29 is 6.22 Å². The minimum absolute atomic E-state index is 0. The molecule has 1 amide bonds. The number of amides is 1. The maximum atomic E-state index is 10.7. The van der Waals surface area contributed by atoms with Crippen LogP contribution in [0.2, 0.25) is 0 Å². The molecule has 54 valence electrons. The topological polar surface area (TPSA) is 32.3 Å². The van der Waals surface area contributed by atoms with Crippen molar-refractivity contribution in [1.82, 2.24) is 10.2 Å². The number of piperazine rings is 1. The van der Waals surface area contributed by atoms with E-state index in [4.69, 9.17) is 0 Å². The molecule has 1 fully saturated rings. The highest BCUT2D eigenvalue weighted by molar-refractivity contribution is 5.73. The van der Waals surface area contributed by atoms with E-state index in [1.165, 1.54) is 0 Å². The van der Waals surface area contributed by atoms with Gasteiger partial charge in [0.25, 0.3) is 0 Å². The fraction of sp³-hybridized carbons (Fsp3) is 0.833. The van der Waals surface area contributed by atoms with Crippen LogP contribution in [0, 0.1) is 0 Å². The lowest BCUT2D eigenvalue weighted by atomic mass is 10.4. The van der Waals surface area contributed by atoms with E-state index in [9.17, 15) is 4.79 Å². The number of carbonyl (C=O) groups excluding carboxylic acids is 1. The van der Waals surface area contributed by atoms with Crippen LogP contribution in [-0.2, 0) is 4.79 Å². The minimum atomic E-state index is 0. The second-order valence-corrected chi connectivity index (χ2v) is 2.26. The summed E-state index contributed by atoms with van der Waals surface area (Å²) in [5, 5.41) is 3.18. The lowest BCUT2D eigenvalue weighted by Crippen LogP contribution is -2.45. The van der Waals surface area contributed by atoms with Gasteiger partial charge in [0.05, 0.1) is 0 Å². The summed E-state index contributed by atoms with van der Waals surface area (Å²) in [6.07, 6.45) is 0. The van der Waals surface area contributed by atoms with Crippen LogP contribution in [0.3, 0.4) is 0 Å². The number of carbonyl (C=O) groups is 1. The van der Waals surface area contributed by atoms with E-state index in [0.29, 0.717) is 0 Å². The number of rotatable bonds is 0. The van der Waals surface area contributed by atoms with Gasteiger partial charge in [0, 0.05) is 34.5 Å². The van der Waals surface area contributed by atoms with E-state index in [-0.39, 0.29) is 7.33 Å². The van der Waals surface area contributed by atoms with E-state index in [1.54, 1.807) is 6.92 Å². The third-order valence-electron chi connectivity index (χ3n) is 1.56. The summed E-state index contributed by atoms with van der Waals surface area (Å²) in [5.74, 6) is 0.191. The smallest absolute Gasteiger partial charge is 0.219 e. The van der Waals surface area contributed by atoms with E-state index in [1.807, 2.05) is 4.90 Å². The van der Waals surface area contributed by atoms with Gasteiger partial charge in [-0.15, -0.1) is 0 Å². The molecule has 1 rings (SSSR count). The number of hydrogen-bond acceptors (Lipinski definition) is 2. The highest BCUT2D eigenvalue weighted by atomic mass is 16.2. The standard InChI is InChI=1S/C6H12N2O.H2/c1-6(9)8-4-2-7-3-5-8;/h7H,2-5H2,1H3;1H. The van der Waals surface area contributed by atoms with Gasteiger partial charge in [-0.1, -0.05) is 0 Å². The van der Waals surface area contributed by atoms with Crippen molar-refractivity contribution in [3.8, 4) is 0 Å². The second-order valence-electron chi connectivity index (χ2n) is 2.26. The maximum absolute atomic E-state index is 10.7. The van der Waals surface area contributed by atoms with Gasteiger partial charge >= 0.3 is 0 Å². The minimum Gasteiger partial charge on any atom is -0.340 e. The molecule has 0 atom stereocenters. The molecular formula is C6H14N2O. The zero-order valence-corrected chi connectivity index (χ0v) is 5.68. The predicted molar refractivity (Wildman–Crippen MR) is 37.2 cm³/mol. The molecule has 1 aliphatic rings. The van der Waals surface area contributed by atoms with Crippen molar-refractivity contribution in [2.45, 2.75) is 6.92 Å². The highest BCUT2D eigenvalue weighted by Crippen LogP contribution is 1.90. The Labute approximate surface area is 56.5 Å². The molecule has 0 bridgehead atoms. The maximum Gasteiger partial charge on any atom is 0.219 e. The summed E-state index contributed by atoms with van der Waals surface area (Å²) in [6.45, 7) is 5.25. The predicted octanol–water partition coefficient (Wildman–Crippen LogP) is -0.316. The monoisotopic (exact) mass is 130 g/mol. The molecule has 3 nitrogen and oxygen atoms in total. The molecular weight excluding hydrogens is 116 g/mol. The molecule has 0 aliphatic carbocycles. The molecule has 1 aliphatic heterocycles. The Balaban J connectivity index is 0.000000810. The van der Waals surface area contributed by atoms with Gasteiger partial charge in [-0.05, 0) is 0 Å². The SMILES string of the molecule is CC(=O)N1CCNCC1.[HH]. The Morgan fingerprint density at radius 2 is 2.11 bits per heavy atom.